The molecule has 1 N–H and O–H groups in total. The minimum absolute atomic E-state index is 0.535. The van der Waals surface area contributed by atoms with E-state index in [-0.39, 0.29) is 0 Å². The molecule has 1 fully saturated rings. The van der Waals surface area contributed by atoms with Gasteiger partial charge >= 0.3 is 0 Å². The molecule has 3 heteroatoms. The monoisotopic (exact) mass is 247 g/mol. The summed E-state index contributed by atoms with van der Waals surface area (Å²) in [4.78, 5) is 6.93. The van der Waals surface area contributed by atoms with E-state index in [0.717, 1.165) is 24.7 Å². The van der Waals surface area contributed by atoms with Crippen molar-refractivity contribution in [1.82, 2.24) is 10.3 Å². The molecule has 0 radical (unpaired) electrons. The zero-order valence-corrected chi connectivity index (χ0v) is 12.0. The van der Waals surface area contributed by atoms with Crippen LogP contribution in [0.5, 0.6) is 0 Å². The Morgan fingerprint density at radius 1 is 1.56 bits per heavy atom. The van der Waals surface area contributed by atoms with Gasteiger partial charge in [-0.15, -0.1) is 0 Å². The topological polar surface area (TPSA) is 28.2 Å². The van der Waals surface area contributed by atoms with Crippen molar-refractivity contribution < 1.29 is 0 Å². The van der Waals surface area contributed by atoms with Crippen molar-refractivity contribution in [3.8, 4) is 0 Å². The van der Waals surface area contributed by atoms with Crippen LogP contribution < -0.4 is 10.2 Å². The quantitative estimate of drug-likeness (QED) is 0.890. The first kappa shape index (κ1) is 13.3. The molecular formula is C15H25N3. The van der Waals surface area contributed by atoms with Crippen LogP contribution in [-0.4, -0.2) is 30.2 Å². The van der Waals surface area contributed by atoms with Crippen molar-refractivity contribution in [2.45, 2.75) is 46.2 Å². The Balaban J connectivity index is 2.18. The average Bonchev–Trinajstić information content (AvgIpc) is 2.39. The average molecular weight is 247 g/mol. The Morgan fingerprint density at radius 3 is 3.00 bits per heavy atom. The number of aromatic nitrogens is 1. The fourth-order valence-corrected chi connectivity index (χ4v) is 2.67. The van der Waals surface area contributed by atoms with Crippen LogP contribution in [0.25, 0.3) is 0 Å². The van der Waals surface area contributed by atoms with Gasteiger partial charge in [-0.3, -0.25) is 4.98 Å². The summed E-state index contributed by atoms with van der Waals surface area (Å²) in [6.45, 7) is 11.1. The van der Waals surface area contributed by atoms with Crippen molar-refractivity contribution in [2.24, 2.45) is 5.92 Å². The number of aryl methyl sites for hydroxylation is 1. The minimum atomic E-state index is 0.535. The largest absolute Gasteiger partial charge is 0.365 e. The zero-order valence-electron chi connectivity index (χ0n) is 12.0. The van der Waals surface area contributed by atoms with Gasteiger partial charge in [0.25, 0.3) is 0 Å². The molecule has 3 nitrogen and oxygen atoms in total. The zero-order chi connectivity index (χ0) is 13.1. The van der Waals surface area contributed by atoms with Gasteiger partial charge in [0.15, 0.2) is 0 Å². The molecule has 3 unspecified atom stereocenters. The molecule has 2 rings (SSSR count). The first-order valence-electron chi connectivity index (χ1n) is 7.05. The van der Waals surface area contributed by atoms with Crippen molar-refractivity contribution in [3.05, 3.63) is 24.0 Å². The first-order valence-corrected chi connectivity index (χ1v) is 7.05. The highest BCUT2D eigenvalue weighted by Crippen LogP contribution is 2.24. The highest BCUT2D eigenvalue weighted by atomic mass is 15.2. The lowest BCUT2D eigenvalue weighted by Gasteiger charge is -2.42. The second kappa shape index (κ2) is 5.70. The second-order valence-electron chi connectivity index (χ2n) is 5.51. The lowest BCUT2D eigenvalue weighted by Crippen LogP contribution is -2.57. The van der Waals surface area contributed by atoms with Gasteiger partial charge in [0.2, 0.25) is 0 Å². The highest BCUT2D eigenvalue weighted by Gasteiger charge is 2.28. The van der Waals surface area contributed by atoms with E-state index in [1.54, 1.807) is 0 Å². The van der Waals surface area contributed by atoms with E-state index >= 15 is 0 Å². The summed E-state index contributed by atoms with van der Waals surface area (Å²) >= 11 is 0. The van der Waals surface area contributed by atoms with Gasteiger partial charge in [0.05, 0.1) is 11.4 Å². The smallest absolute Gasteiger partial charge is 0.0605 e. The molecular weight excluding hydrogens is 222 g/mol. The van der Waals surface area contributed by atoms with E-state index in [1.165, 1.54) is 12.1 Å². The van der Waals surface area contributed by atoms with Crippen molar-refractivity contribution in [3.63, 3.8) is 0 Å². The maximum absolute atomic E-state index is 4.42. The number of hydrogen-bond acceptors (Lipinski definition) is 3. The molecule has 0 aliphatic carbocycles. The summed E-state index contributed by atoms with van der Waals surface area (Å²) in [5, 5.41) is 3.68. The third-order valence-electron chi connectivity index (χ3n) is 4.22. The van der Waals surface area contributed by atoms with Crippen molar-refractivity contribution in [2.75, 3.05) is 18.0 Å². The summed E-state index contributed by atoms with van der Waals surface area (Å²) in [6.07, 6.45) is 3.10. The van der Waals surface area contributed by atoms with E-state index in [1.807, 2.05) is 12.3 Å². The van der Waals surface area contributed by atoms with Gasteiger partial charge < -0.3 is 10.2 Å². The molecule has 1 saturated heterocycles. The van der Waals surface area contributed by atoms with Crippen LogP contribution >= 0.6 is 0 Å². The summed E-state index contributed by atoms with van der Waals surface area (Å²) in [6, 6.07) is 5.35. The maximum atomic E-state index is 4.42. The van der Waals surface area contributed by atoms with Crippen LogP contribution in [0.15, 0.2) is 18.3 Å². The molecule has 0 spiro atoms. The molecule has 0 bridgehead atoms. The van der Waals surface area contributed by atoms with Crippen LogP contribution in [0, 0.1) is 12.8 Å². The van der Waals surface area contributed by atoms with E-state index in [2.05, 4.69) is 49.0 Å². The Hall–Kier alpha value is -1.09. The van der Waals surface area contributed by atoms with E-state index in [0.29, 0.717) is 12.1 Å². The summed E-state index contributed by atoms with van der Waals surface area (Å²) < 4.78 is 0. The van der Waals surface area contributed by atoms with Gasteiger partial charge in [-0.2, -0.15) is 0 Å². The van der Waals surface area contributed by atoms with E-state index in [9.17, 15) is 0 Å². The minimum Gasteiger partial charge on any atom is -0.365 e. The molecule has 0 aromatic carbocycles. The number of anilines is 1. The molecule has 18 heavy (non-hydrogen) atoms. The maximum Gasteiger partial charge on any atom is 0.0605 e. The predicted octanol–water partition coefficient (Wildman–Crippen LogP) is 2.60. The number of rotatable bonds is 3. The molecule has 3 atom stereocenters. The van der Waals surface area contributed by atoms with Crippen molar-refractivity contribution in [1.29, 1.82) is 0 Å². The molecule has 1 aromatic heterocycles. The third kappa shape index (κ3) is 2.66. The van der Waals surface area contributed by atoms with Gasteiger partial charge in [0.1, 0.15) is 0 Å². The Morgan fingerprint density at radius 2 is 2.33 bits per heavy atom. The molecule has 1 aliphatic rings. The lowest BCUT2D eigenvalue weighted by atomic mass is 9.95. The molecule has 100 valence electrons. The Kier molecular flexibility index (Phi) is 4.23. The van der Waals surface area contributed by atoms with Crippen LogP contribution in [0.3, 0.4) is 0 Å². The van der Waals surface area contributed by atoms with E-state index in [4.69, 9.17) is 0 Å². The van der Waals surface area contributed by atoms with E-state index < -0.39 is 0 Å². The summed E-state index contributed by atoms with van der Waals surface area (Å²) in [5.74, 6) is 0.719. The van der Waals surface area contributed by atoms with Gasteiger partial charge in [-0.05, 0) is 31.9 Å². The number of nitrogens with one attached hydrogen (secondary N) is 1. The van der Waals surface area contributed by atoms with Crippen molar-refractivity contribution >= 4 is 5.69 Å². The van der Waals surface area contributed by atoms with Crippen LogP contribution in [-0.2, 0) is 0 Å². The molecule has 2 heterocycles. The SMILES string of the molecule is CCC(C)C1CN(c2cccnc2C)C(C)CN1. The number of piperazine rings is 1. The fraction of sp³-hybridized carbons (Fsp3) is 0.667. The summed E-state index contributed by atoms with van der Waals surface area (Å²) in [5.41, 5.74) is 2.42. The number of nitrogens with zero attached hydrogens (tertiary/aromatic N) is 2. The Labute approximate surface area is 111 Å². The molecule has 1 aliphatic heterocycles. The third-order valence-corrected chi connectivity index (χ3v) is 4.22. The molecule has 0 amide bonds. The first-order chi connectivity index (χ1) is 8.63. The molecule has 1 aromatic rings. The normalized spacial score (nSPS) is 26.1. The molecule has 0 saturated carbocycles. The predicted molar refractivity (Wildman–Crippen MR) is 77.0 cm³/mol. The van der Waals surface area contributed by atoms with Crippen LogP contribution in [0.1, 0.15) is 32.9 Å². The highest BCUT2D eigenvalue weighted by molar-refractivity contribution is 5.51. The van der Waals surface area contributed by atoms with Gasteiger partial charge in [0, 0.05) is 31.4 Å². The van der Waals surface area contributed by atoms with Gasteiger partial charge in [-0.25, -0.2) is 0 Å². The second-order valence-corrected chi connectivity index (χ2v) is 5.51. The fourth-order valence-electron chi connectivity index (χ4n) is 2.67. The Bertz CT molecular complexity index is 391. The lowest BCUT2D eigenvalue weighted by molar-refractivity contribution is 0.315. The number of pyridine rings is 1. The summed E-state index contributed by atoms with van der Waals surface area (Å²) in [7, 11) is 0. The van der Waals surface area contributed by atoms with Gasteiger partial charge in [-0.1, -0.05) is 20.3 Å². The van der Waals surface area contributed by atoms with Crippen LogP contribution in [0.4, 0.5) is 5.69 Å². The number of hydrogen-bond donors (Lipinski definition) is 1. The standard InChI is InChI=1S/C15H25N3/c1-5-11(2)14-10-18(12(3)9-17-14)15-7-6-8-16-13(15)4/h6-8,11-12,14,17H,5,9-10H2,1-4H3. The van der Waals surface area contributed by atoms with Crippen LogP contribution in [0.2, 0.25) is 0 Å².